The molecule has 7 heteroatoms. The SMILES string of the molecule is CCNC(=O)C(O)C(CC)NC(=O)OC(C)(C)C.Cl. The van der Waals surface area contributed by atoms with Gasteiger partial charge < -0.3 is 20.5 Å². The predicted molar refractivity (Wildman–Crippen MR) is 75.4 cm³/mol. The predicted octanol–water partition coefficient (Wildman–Crippen LogP) is 1.21. The molecule has 2 amide bonds. The molecular formula is C12H25ClN2O4. The van der Waals surface area contributed by atoms with Crippen LogP contribution in [0, 0.1) is 0 Å². The zero-order valence-electron chi connectivity index (χ0n) is 12.1. The molecule has 0 radical (unpaired) electrons. The number of aliphatic hydroxyl groups excluding tert-OH is 1. The maximum absolute atomic E-state index is 11.5. The fourth-order valence-electron chi connectivity index (χ4n) is 1.32. The number of aliphatic hydroxyl groups is 1. The summed E-state index contributed by atoms with van der Waals surface area (Å²) in [6, 6.07) is -0.661. The molecule has 0 aromatic carbocycles. The lowest BCUT2D eigenvalue weighted by Gasteiger charge is -2.25. The van der Waals surface area contributed by atoms with E-state index in [-0.39, 0.29) is 12.4 Å². The molecule has 114 valence electrons. The highest BCUT2D eigenvalue weighted by Crippen LogP contribution is 2.08. The zero-order valence-corrected chi connectivity index (χ0v) is 13.0. The first-order chi connectivity index (χ1) is 8.21. The first kappa shape index (κ1) is 20.3. The summed E-state index contributed by atoms with van der Waals surface area (Å²) in [5.74, 6) is -0.500. The van der Waals surface area contributed by atoms with Crippen molar-refractivity contribution in [2.75, 3.05) is 6.54 Å². The highest BCUT2D eigenvalue weighted by molar-refractivity contribution is 5.85. The number of carbonyl (C=O) groups excluding carboxylic acids is 2. The van der Waals surface area contributed by atoms with Gasteiger partial charge in [-0.1, -0.05) is 6.92 Å². The Hall–Kier alpha value is -1.01. The Morgan fingerprint density at radius 1 is 1.26 bits per heavy atom. The highest BCUT2D eigenvalue weighted by atomic mass is 35.5. The van der Waals surface area contributed by atoms with Crippen LogP contribution < -0.4 is 10.6 Å². The molecule has 3 N–H and O–H groups in total. The fraction of sp³-hybridized carbons (Fsp3) is 0.833. The van der Waals surface area contributed by atoms with Crippen molar-refractivity contribution in [3.63, 3.8) is 0 Å². The third-order valence-electron chi connectivity index (χ3n) is 2.14. The lowest BCUT2D eigenvalue weighted by molar-refractivity contribution is -0.130. The molecule has 0 rings (SSSR count). The van der Waals surface area contributed by atoms with Crippen molar-refractivity contribution >= 4 is 24.4 Å². The van der Waals surface area contributed by atoms with Gasteiger partial charge in [0.05, 0.1) is 6.04 Å². The fourth-order valence-corrected chi connectivity index (χ4v) is 1.32. The Morgan fingerprint density at radius 2 is 1.79 bits per heavy atom. The maximum Gasteiger partial charge on any atom is 0.407 e. The van der Waals surface area contributed by atoms with Gasteiger partial charge in [-0.25, -0.2) is 4.79 Å². The average Bonchev–Trinajstić information content (AvgIpc) is 2.22. The number of nitrogens with one attached hydrogen (secondary N) is 2. The van der Waals surface area contributed by atoms with Gasteiger partial charge in [-0.05, 0) is 34.1 Å². The number of ether oxygens (including phenoxy) is 1. The summed E-state index contributed by atoms with van der Waals surface area (Å²) < 4.78 is 5.07. The molecule has 2 atom stereocenters. The van der Waals surface area contributed by atoms with Crippen molar-refractivity contribution in [2.24, 2.45) is 0 Å². The smallest absolute Gasteiger partial charge is 0.407 e. The van der Waals surface area contributed by atoms with E-state index in [2.05, 4.69) is 10.6 Å². The van der Waals surface area contributed by atoms with Crippen LogP contribution in [0.25, 0.3) is 0 Å². The molecule has 0 aromatic rings. The van der Waals surface area contributed by atoms with Gasteiger partial charge in [0.15, 0.2) is 6.10 Å². The van der Waals surface area contributed by atoms with Crippen molar-refractivity contribution in [3.05, 3.63) is 0 Å². The lowest BCUT2D eigenvalue weighted by atomic mass is 10.1. The summed E-state index contributed by atoms with van der Waals surface area (Å²) in [5, 5.41) is 14.8. The standard InChI is InChI=1S/C12H24N2O4.ClH/c1-6-8(9(15)10(16)13-7-2)14-11(17)18-12(3,4)5;/h8-9,15H,6-7H2,1-5H3,(H,13,16)(H,14,17);1H. The third kappa shape index (κ3) is 8.67. The summed E-state index contributed by atoms with van der Waals surface area (Å²) >= 11 is 0. The molecule has 0 aliphatic rings. The number of hydrogen-bond donors (Lipinski definition) is 3. The highest BCUT2D eigenvalue weighted by Gasteiger charge is 2.27. The van der Waals surface area contributed by atoms with E-state index in [0.29, 0.717) is 13.0 Å². The minimum atomic E-state index is -1.28. The molecule has 19 heavy (non-hydrogen) atoms. The van der Waals surface area contributed by atoms with Crippen LogP contribution in [0.1, 0.15) is 41.0 Å². The van der Waals surface area contributed by atoms with Gasteiger partial charge in [0.25, 0.3) is 5.91 Å². The van der Waals surface area contributed by atoms with E-state index in [4.69, 9.17) is 4.74 Å². The van der Waals surface area contributed by atoms with Gasteiger partial charge in [-0.2, -0.15) is 0 Å². The van der Waals surface area contributed by atoms with Crippen LogP contribution in [0.2, 0.25) is 0 Å². The van der Waals surface area contributed by atoms with Crippen LogP contribution in [-0.4, -0.2) is 41.4 Å². The van der Waals surface area contributed by atoms with Gasteiger partial charge >= 0.3 is 6.09 Å². The number of rotatable bonds is 5. The molecule has 0 aliphatic carbocycles. The molecule has 0 saturated heterocycles. The third-order valence-corrected chi connectivity index (χ3v) is 2.14. The van der Waals surface area contributed by atoms with E-state index in [9.17, 15) is 14.7 Å². The summed E-state index contributed by atoms with van der Waals surface area (Å²) in [5.41, 5.74) is -0.612. The number of amides is 2. The number of hydrogen-bond acceptors (Lipinski definition) is 4. The van der Waals surface area contributed by atoms with Crippen molar-refractivity contribution in [2.45, 2.75) is 58.8 Å². The molecule has 6 nitrogen and oxygen atoms in total. The quantitative estimate of drug-likeness (QED) is 0.711. The molecule has 0 bridgehead atoms. The lowest BCUT2D eigenvalue weighted by Crippen LogP contribution is -2.51. The maximum atomic E-state index is 11.5. The van der Waals surface area contributed by atoms with Crippen LogP contribution in [0.5, 0.6) is 0 Å². The number of alkyl carbamates (subject to hydrolysis) is 1. The van der Waals surface area contributed by atoms with Gasteiger partial charge in [0, 0.05) is 6.54 Å². The Labute approximate surface area is 120 Å². The first-order valence-electron chi connectivity index (χ1n) is 6.16. The Balaban J connectivity index is 0. The topological polar surface area (TPSA) is 87.7 Å². The molecule has 0 spiro atoms. The van der Waals surface area contributed by atoms with E-state index >= 15 is 0 Å². The van der Waals surface area contributed by atoms with Crippen molar-refractivity contribution in [1.29, 1.82) is 0 Å². The Morgan fingerprint density at radius 3 is 2.16 bits per heavy atom. The molecule has 0 aromatic heterocycles. The molecule has 0 saturated carbocycles. The molecule has 0 aliphatic heterocycles. The second-order valence-corrected chi connectivity index (χ2v) is 5.00. The van der Waals surface area contributed by atoms with Crippen LogP contribution in [-0.2, 0) is 9.53 Å². The normalized spacial score (nSPS) is 13.8. The van der Waals surface area contributed by atoms with Gasteiger partial charge in [0.1, 0.15) is 5.60 Å². The minimum Gasteiger partial charge on any atom is -0.444 e. The van der Waals surface area contributed by atoms with Crippen LogP contribution >= 0.6 is 12.4 Å². The van der Waals surface area contributed by atoms with E-state index in [1.54, 1.807) is 34.6 Å². The molecule has 0 heterocycles. The number of carbonyl (C=O) groups is 2. The van der Waals surface area contributed by atoms with E-state index in [1.807, 2.05) is 0 Å². The van der Waals surface area contributed by atoms with E-state index < -0.39 is 29.7 Å². The second-order valence-electron chi connectivity index (χ2n) is 5.00. The first-order valence-corrected chi connectivity index (χ1v) is 6.16. The van der Waals surface area contributed by atoms with Crippen LogP contribution in [0.4, 0.5) is 4.79 Å². The van der Waals surface area contributed by atoms with E-state index in [0.717, 1.165) is 0 Å². The average molecular weight is 297 g/mol. The molecular weight excluding hydrogens is 272 g/mol. The van der Waals surface area contributed by atoms with Gasteiger partial charge in [0.2, 0.25) is 0 Å². The van der Waals surface area contributed by atoms with Gasteiger partial charge in [-0.3, -0.25) is 4.79 Å². The van der Waals surface area contributed by atoms with E-state index in [1.165, 1.54) is 0 Å². The number of halogens is 1. The minimum absolute atomic E-state index is 0. The van der Waals surface area contributed by atoms with Crippen molar-refractivity contribution < 1.29 is 19.4 Å². The Kier molecular flexibility index (Phi) is 9.60. The van der Waals surface area contributed by atoms with Gasteiger partial charge in [-0.15, -0.1) is 12.4 Å². The molecule has 0 fully saturated rings. The van der Waals surface area contributed by atoms with Crippen LogP contribution in [0.3, 0.4) is 0 Å². The Bertz CT molecular complexity index is 292. The monoisotopic (exact) mass is 296 g/mol. The number of likely N-dealkylation sites (N-methyl/N-ethyl adjacent to an activating group) is 1. The summed E-state index contributed by atoms with van der Waals surface area (Å²) in [4.78, 5) is 23.0. The summed E-state index contributed by atoms with van der Waals surface area (Å²) in [6.45, 7) is 9.19. The second kappa shape index (κ2) is 8.98. The molecule has 2 unspecified atom stereocenters. The summed E-state index contributed by atoms with van der Waals surface area (Å²) in [6.07, 6.45) is -1.49. The zero-order chi connectivity index (χ0) is 14.3. The van der Waals surface area contributed by atoms with Crippen molar-refractivity contribution in [1.82, 2.24) is 10.6 Å². The van der Waals surface area contributed by atoms with Crippen molar-refractivity contribution in [3.8, 4) is 0 Å². The largest absolute Gasteiger partial charge is 0.444 e. The summed E-state index contributed by atoms with van der Waals surface area (Å²) in [7, 11) is 0. The van der Waals surface area contributed by atoms with Crippen LogP contribution in [0.15, 0.2) is 0 Å².